The maximum atomic E-state index is 11.4. The van der Waals surface area contributed by atoms with Crippen molar-refractivity contribution in [3.05, 3.63) is 45.5 Å². The second-order valence-electron chi connectivity index (χ2n) is 4.41. The van der Waals surface area contributed by atoms with Crippen LogP contribution in [0.25, 0.3) is 21.9 Å². The van der Waals surface area contributed by atoms with Crippen molar-refractivity contribution in [3.63, 3.8) is 0 Å². The summed E-state index contributed by atoms with van der Waals surface area (Å²) in [6.07, 6.45) is 0. The molecule has 0 saturated heterocycles. The predicted octanol–water partition coefficient (Wildman–Crippen LogP) is 3.46. The number of hydrogen-bond acceptors (Lipinski definition) is 3. The van der Waals surface area contributed by atoms with Crippen molar-refractivity contribution < 1.29 is 8.83 Å². The smallest absolute Gasteiger partial charge is 0.336 e. The SMILES string of the molecule is Cc1cc2c(C)cc3oc(=O)cc(C)c3c2o1. The van der Waals surface area contributed by atoms with Gasteiger partial charge in [-0.15, -0.1) is 0 Å². The molecule has 0 N–H and O–H groups in total. The Morgan fingerprint density at radius 1 is 0.941 bits per heavy atom. The summed E-state index contributed by atoms with van der Waals surface area (Å²) in [5.74, 6) is 0.862. The van der Waals surface area contributed by atoms with Crippen molar-refractivity contribution in [2.24, 2.45) is 0 Å². The topological polar surface area (TPSA) is 43.4 Å². The molecule has 1 aromatic carbocycles. The molecule has 0 aliphatic rings. The fourth-order valence-electron chi connectivity index (χ4n) is 2.29. The third-order valence-electron chi connectivity index (χ3n) is 3.04. The summed E-state index contributed by atoms with van der Waals surface area (Å²) in [5, 5.41) is 1.96. The lowest BCUT2D eigenvalue weighted by Gasteiger charge is -2.03. The number of hydrogen-bond donors (Lipinski definition) is 0. The molecule has 0 fully saturated rings. The van der Waals surface area contributed by atoms with E-state index in [-0.39, 0.29) is 5.63 Å². The summed E-state index contributed by atoms with van der Waals surface area (Å²) >= 11 is 0. The highest BCUT2D eigenvalue weighted by molar-refractivity contribution is 6.05. The first-order valence-electron chi connectivity index (χ1n) is 5.50. The van der Waals surface area contributed by atoms with Crippen LogP contribution in [0.15, 0.2) is 31.8 Å². The molecule has 17 heavy (non-hydrogen) atoms. The fraction of sp³-hybridized carbons (Fsp3) is 0.214. The Bertz CT molecular complexity index is 790. The van der Waals surface area contributed by atoms with Crippen LogP contribution in [0.5, 0.6) is 0 Å². The first kappa shape index (κ1) is 10.1. The maximum absolute atomic E-state index is 11.4. The van der Waals surface area contributed by atoms with Crippen molar-refractivity contribution in [3.8, 4) is 0 Å². The minimum atomic E-state index is -0.322. The zero-order chi connectivity index (χ0) is 12.2. The van der Waals surface area contributed by atoms with Crippen molar-refractivity contribution in [2.45, 2.75) is 20.8 Å². The molecule has 0 aliphatic heterocycles. The molecule has 3 heteroatoms. The Morgan fingerprint density at radius 2 is 1.71 bits per heavy atom. The molecule has 0 saturated carbocycles. The summed E-state index contributed by atoms with van der Waals surface area (Å²) in [4.78, 5) is 11.4. The Hall–Kier alpha value is -2.03. The van der Waals surface area contributed by atoms with Gasteiger partial charge in [-0.1, -0.05) is 0 Å². The second-order valence-corrected chi connectivity index (χ2v) is 4.41. The zero-order valence-electron chi connectivity index (χ0n) is 9.96. The van der Waals surface area contributed by atoms with Crippen LogP contribution in [-0.2, 0) is 0 Å². The first-order chi connectivity index (χ1) is 8.06. The number of benzene rings is 1. The molecule has 86 valence electrons. The van der Waals surface area contributed by atoms with Gasteiger partial charge in [0.15, 0.2) is 0 Å². The summed E-state index contributed by atoms with van der Waals surface area (Å²) in [6.45, 7) is 5.80. The molecule has 3 rings (SSSR count). The van der Waals surface area contributed by atoms with Gasteiger partial charge in [0.25, 0.3) is 0 Å². The van der Waals surface area contributed by atoms with E-state index in [9.17, 15) is 4.79 Å². The molecule has 0 spiro atoms. The molecule has 0 aliphatic carbocycles. The van der Waals surface area contributed by atoms with Gasteiger partial charge in [0.1, 0.15) is 16.9 Å². The van der Waals surface area contributed by atoms with Gasteiger partial charge in [0.05, 0.1) is 5.39 Å². The van der Waals surface area contributed by atoms with E-state index in [0.29, 0.717) is 5.58 Å². The minimum absolute atomic E-state index is 0.322. The van der Waals surface area contributed by atoms with Crippen LogP contribution in [0.3, 0.4) is 0 Å². The molecule has 3 aromatic rings. The van der Waals surface area contributed by atoms with Crippen molar-refractivity contribution in [1.29, 1.82) is 0 Å². The zero-order valence-corrected chi connectivity index (χ0v) is 9.96. The molecule has 0 bridgehead atoms. The molecule has 0 amide bonds. The Morgan fingerprint density at radius 3 is 2.47 bits per heavy atom. The largest absolute Gasteiger partial charge is 0.461 e. The van der Waals surface area contributed by atoms with Gasteiger partial charge < -0.3 is 8.83 Å². The van der Waals surface area contributed by atoms with Crippen LogP contribution in [0.1, 0.15) is 16.9 Å². The standard InChI is InChI=1S/C14H12O3/c1-7-4-11-13(8(2)5-12(15)17-11)14-10(7)6-9(3)16-14/h4-6H,1-3H3. The molecule has 0 atom stereocenters. The Labute approximate surface area is 97.7 Å². The van der Waals surface area contributed by atoms with E-state index in [1.165, 1.54) is 6.07 Å². The minimum Gasteiger partial charge on any atom is -0.461 e. The van der Waals surface area contributed by atoms with E-state index in [1.807, 2.05) is 32.9 Å². The van der Waals surface area contributed by atoms with Crippen LogP contribution < -0.4 is 5.63 Å². The van der Waals surface area contributed by atoms with Crippen LogP contribution in [0.4, 0.5) is 0 Å². The number of rotatable bonds is 0. The van der Waals surface area contributed by atoms with E-state index in [2.05, 4.69) is 0 Å². The van der Waals surface area contributed by atoms with Crippen LogP contribution >= 0.6 is 0 Å². The lowest BCUT2D eigenvalue weighted by Crippen LogP contribution is -1.98. The lowest BCUT2D eigenvalue weighted by atomic mass is 10.0. The van der Waals surface area contributed by atoms with Crippen LogP contribution in [0.2, 0.25) is 0 Å². The fourth-order valence-corrected chi connectivity index (χ4v) is 2.29. The van der Waals surface area contributed by atoms with Crippen LogP contribution in [-0.4, -0.2) is 0 Å². The molecule has 0 radical (unpaired) electrons. The molecular weight excluding hydrogens is 216 g/mol. The Balaban J connectivity index is 2.67. The highest BCUT2D eigenvalue weighted by Crippen LogP contribution is 2.31. The van der Waals surface area contributed by atoms with Crippen molar-refractivity contribution in [2.75, 3.05) is 0 Å². The van der Waals surface area contributed by atoms with Gasteiger partial charge in [-0.3, -0.25) is 0 Å². The molecule has 2 aromatic heterocycles. The number of fused-ring (bicyclic) bond motifs is 3. The average molecular weight is 228 g/mol. The van der Waals surface area contributed by atoms with E-state index in [4.69, 9.17) is 8.83 Å². The normalized spacial score (nSPS) is 11.5. The quantitative estimate of drug-likeness (QED) is 0.553. The molecule has 2 heterocycles. The van der Waals surface area contributed by atoms with Gasteiger partial charge in [-0.05, 0) is 44.0 Å². The van der Waals surface area contributed by atoms with Gasteiger partial charge in [0.2, 0.25) is 0 Å². The molecule has 3 nitrogen and oxygen atoms in total. The number of furan rings is 1. The van der Waals surface area contributed by atoms with Gasteiger partial charge in [0, 0.05) is 11.5 Å². The second kappa shape index (κ2) is 3.23. The summed E-state index contributed by atoms with van der Waals surface area (Å²) < 4.78 is 10.9. The third kappa shape index (κ3) is 1.39. The lowest BCUT2D eigenvalue weighted by molar-refractivity contribution is 0.556. The van der Waals surface area contributed by atoms with E-state index in [1.54, 1.807) is 0 Å². The maximum Gasteiger partial charge on any atom is 0.336 e. The van der Waals surface area contributed by atoms with E-state index < -0.39 is 0 Å². The van der Waals surface area contributed by atoms with E-state index in [0.717, 1.165) is 33.2 Å². The van der Waals surface area contributed by atoms with Gasteiger partial charge in [-0.25, -0.2) is 4.79 Å². The third-order valence-corrected chi connectivity index (χ3v) is 3.04. The summed E-state index contributed by atoms with van der Waals surface area (Å²) in [6, 6.07) is 5.39. The van der Waals surface area contributed by atoms with Crippen LogP contribution in [0, 0.1) is 20.8 Å². The summed E-state index contributed by atoms with van der Waals surface area (Å²) in [5.41, 5.74) is 3.01. The predicted molar refractivity (Wildman–Crippen MR) is 66.5 cm³/mol. The highest BCUT2D eigenvalue weighted by Gasteiger charge is 2.12. The Kier molecular flexibility index (Phi) is 1.93. The van der Waals surface area contributed by atoms with Crippen molar-refractivity contribution in [1.82, 2.24) is 0 Å². The average Bonchev–Trinajstić information content (AvgIpc) is 2.58. The highest BCUT2D eigenvalue weighted by atomic mass is 16.4. The first-order valence-corrected chi connectivity index (χ1v) is 5.50. The number of aryl methyl sites for hydroxylation is 3. The molecule has 0 unspecified atom stereocenters. The van der Waals surface area contributed by atoms with Crippen molar-refractivity contribution >= 4 is 21.9 Å². The van der Waals surface area contributed by atoms with Gasteiger partial charge >= 0.3 is 5.63 Å². The monoisotopic (exact) mass is 228 g/mol. The van der Waals surface area contributed by atoms with E-state index >= 15 is 0 Å². The molecular formula is C14H12O3. The summed E-state index contributed by atoms with van der Waals surface area (Å²) in [7, 11) is 0. The van der Waals surface area contributed by atoms with Gasteiger partial charge in [-0.2, -0.15) is 0 Å².